The molecule has 11 N–H and O–H groups in total. The average molecular weight is 1330 g/mol. The summed E-state index contributed by atoms with van der Waals surface area (Å²) < 4.78 is 85.8. The van der Waals surface area contributed by atoms with E-state index in [-0.39, 0.29) is 65.9 Å². The monoisotopic (exact) mass is 1330 g/mol. The van der Waals surface area contributed by atoms with Crippen LogP contribution < -0.4 is 39.5 Å². The van der Waals surface area contributed by atoms with Crippen molar-refractivity contribution in [1.29, 1.82) is 0 Å². The highest BCUT2D eigenvalue weighted by Gasteiger charge is 2.68. The number of imidazole rings is 2. The molecule has 87 heavy (non-hydrogen) atoms. The third kappa shape index (κ3) is 10.7. The third-order valence-electron chi connectivity index (χ3n) is 16.2. The van der Waals surface area contributed by atoms with Crippen molar-refractivity contribution in [2.45, 2.75) is 131 Å². The van der Waals surface area contributed by atoms with Crippen LogP contribution in [0.25, 0.3) is 22.3 Å². The van der Waals surface area contributed by atoms with Gasteiger partial charge in [0.05, 0.1) is 64.5 Å². The molecule has 13 rings (SSSR count). The van der Waals surface area contributed by atoms with E-state index in [9.17, 15) is 43.8 Å². The first-order valence-corrected chi connectivity index (χ1v) is 34.4. The van der Waals surface area contributed by atoms with Crippen LogP contribution in [-0.2, 0) is 95.7 Å². The van der Waals surface area contributed by atoms with E-state index in [1.165, 1.54) is 45.7 Å². The third-order valence-corrected chi connectivity index (χ3v) is 20.8. The molecule has 0 spiro atoms. The van der Waals surface area contributed by atoms with Crippen molar-refractivity contribution < 1.29 is 80.1 Å². The lowest BCUT2D eigenvalue weighted by atomic mass is 10.0. The van der Waals surface area contributed by atoms with Crippen LogP contribution in [0.5, 0.6) is 0 Å². The van der Waals surface area contributed by atoms with Crippen LogP contribution in [0.2, 0.25) is 0 Å². The van der Waals surface area contributed by atoms with Crippen molar-refractivity contribution in [2.75, 3.05) is 51.1 Å². The van der Waals surface area contributed by atoms with Gasteiger partial charge in [0.1, 0.15) is 71.3 Å². The highest BCUT2D eigenvalue weighted by Crippen LogP contribution is 2.61. The zero-order valence-corrected chi connectivity index (χ0v) is 50.9. The Balaban J connectivity index is 0.755. The van der Waals surface area contributed by atoms with E-state index in [4.69, 9.17) is 107 Å². The topological polar surface area (TPSA) is 470 Å². The van der Waals surface area contributed by atoms with Crippen molar-refractivity contribution in [3.63, 3.8) is 0 Å². The Bertz CT molecular complexity index is 4250. The number of anilines is 2. The van der Waals surface area contributed by atoms with E-state index in [1.54, 1.807) is 20.8 Å². The summed E-state index contributed by atoms with van der Waals surface area (Å²) in [6, 6.07) is 0. The van der Waals surface area contributed by atoms with Gasteiger partial charge < -0.3 is 87.5 Å². The Morgan fingerprint density at radius 3 is 1.77 bits per heavy atom. The predicted molar refractivity (Wildman–Crippen MR) is 304 cm³/mol. The van der Waals surface area contributed by atoms with Gasteiger partial charge >= 0.3 is 31.5 Å². The Morgan fingerprint density at radius 1 is 0.655 bits per heavy atom. The molecular formula is C45H55N14O22P3S3. The summed E-state index contributed by atoms with van der Waals surface area (Å²) in [5.74, 6) is -0.0353. The fraction of sp³-hybridized carbons (Fsp3) is 0.600. The number of nitrogens with zero attached hydrogens (tertiary/aromatic N) is 9. The molecule has 0 radical (unpaired) electrons. The number of aromatic nitrogens is 12. The molecule has 6 aromatic rings. The van der Waals surface area contributed by atoms with Crippen LogP contribution >= 0.6 is 20.2 Å². The summed E-state index contributed by atoms with van der Waals surface area (Å²) in [6.07, 6.45) is -8.54. The Morgan fingerprint density at radius 2 is 1.16 bits per heavy atom. The zero-order valence-electron chi connectivity index (χ0n) is 45.8. The lowest BCUT2D eigenvalue weighted by Gasteiger charge is -2.35. The highest BCUT2D eigenvalue weighted by molar-refractivity contribution is 8.07. The summed E-state index contributed by atoms with van der Waals surface area (Å²) in [5.41, 5.74) is 3.81. The average Bonchev–Trinajstić information content (AvgIpc) is 1.62. The summed E-state index contributed by atoms with van der Waals surface area (Å²) in [4.78, 5) is 128. The second kappa shape index (κ2) is 21.9. The molecule has 7 saturated heterocycles. The SMILES string of the molecule is CC[C@H]1O[C@@H](n2cc(C)c(=O)[nH]c2=O)CC1OP(O)(=S)OC[C@]12CO[C@@H](C1OP(O)(=S)OC[C@]13CO[C@@H](C1OP(O)(=S)OC[C@]14CO[C@@H](C1O)[C@H](n1cnc5c(=O)[nH]c(C)nc51)O4)[C@H](n1cnc4c(=O)[nH]c(N)nc41)O3)[C@H](n1cc(C)c(N)nc1=O)O2. The molecule has 36 nitrogen and oxygen atoms in total. The van der Waals surface area contributed by atoms with E-state index in [2.05, 4.69) is 39.9 Å². The Hall–Kier alpha value is -4.87. The first-order chi connectivity index (χ1) is 41.1. The summed E-state index contributed by atoms with van der Waals surface area (Å²) in [6.45, 7) is -10.0. The van der Waals surface area contributed by atoms with Gasteiger partial charge in [-0.3, -0.25) is 51.7 Å². The number of nitrogen functional groups attached to an aromatic ring is 2. The molecule has 7 aliphatic rings. The molecule has 6 bridgehead atoms. The maximum atomic E-state index is 13.5. The number of aliphatic hydroxyl groups is 1. The van der Waals surface area contributed by atoms with Crippen molar-refractivity contribution in [1.82, 2.24) is 58.1 Å². The lowest BCUT2D eigenvalue weighted by Crippen LogP contribution is -2.47. The minimum absolute atomic E-state index is 0.00356. The molecule has 13 heterocycles. The number of aryl methyl sites for hydroxylation is 3. The highest BCUT2D eigenvalue weighted by atomic mass is 32.5. The van der Waals surface area contributed by atoms with E-state index in [1.807, 2.05) is 0 Å². The molecule has 0 aliphatic carbocycles. The van der Waals surface area contributed by atoms with Crippen molar-refractivity contribution >= 4 is 89.7 Å². The van der Waals surface area contributed by atoms with Crippen LogP contribution in [0, 0.1) is 20.8 Å². The fourth-order valence-corrected chi connectivity index (χ4v) is 16.3. The molecule has 0 aromatic carbocycles. The molecule has 0 saturated carbocycles. The first-order valence-electron chi connectivity index (χ1n) is 26.6. The fourth-order valence-electron chi connectivity index (χ4n) is 11.9. The van der Waals surface area contributed by atoms with Crippen LogP contribution in [0.4, 0.5) is 11.8 Å². The molecule has 7 aliphatic heterocycles. The summed E-state index contributed by atoms with van der Waals surface area (Å²) in [7, 11) is 0. The van der Waals surface area contributed by atoms with Gasteiger partial charge in [-0.15, -0.1) is 0 Å². The smallest absolute Gasteiger partial charge is 0.351 e. The molecule has 0 amide bonds. The second-order valence-electron chi connectivity index (χ2n) is 21.9. The van der Waals surface area contributed by atoms with Crippen LogP contribution in [0.1, 0.15) is 61.6 Å². The van der Waals surface area contributed by atoms with E-state index < -0.39 is 159 Å². The molecule has 470 valence electrons. The van der Waals surface area contributed by atoms with Crippen molar-refractivity contribution in [2.24, 2.45) is 0 Å². The van der Waals surface area contributed by atoms with Crippen LogP contribution in [0.3, 0.4) is 0 Å². The molecule has 7 unspecified atom stereocenters. The van der Waals surface area contributed by atoms with Crippen LogP contribution in [0.15, 0.2) is 49.0 Å². The number of ether oxygens (including phenoxy) is 7. The zero-order chi connectivity index (χ0) is 61.7. The standard InChI is InChI=1S/C45H55N14O22P3S3/c1-5-20-21(6-22(75-20)56-8-18(3)34(61)55-42(56)65)79-82(66,85)73-13-44-10-70-26(38(77-44)57-7-17(2)31(46)52-41(57)64)29(44)80-84(68,87)74-14-45-11-71-27(39(78-45)59-16-49-24-33(59)53-40(47)54-36(24)63)30(45)81-83(67,86)72-12-43-9-69-25(28(43)60)37(76-43)58-15-48-23-32(58)50-19(4)51-35(23)62/h7-8,15-16,20-22,25-30,37-39,60H,5-6,9-14H2,1-4H3,(H,66,85)(H,67,86)(H,68,87)(H2,46,52,64)(H,50,51,62)(H,55,61,65)(H3,47,53,54,63)/t20-,21?,22-,25+,26+,27+,28?,29?,30?,37-,38-,39-,43-,44-,45-,82?,83?,84?/m1/s1. The van der Waals surface area contributed by atoms with Gasteiger partial charge in [-0.2, -0.15) is 9.97 Å². The van der Waals surface area contributed by atoms with Gasteiger partial charge in [0.25, 0.3) is 16.7 Å². The predicted octanol–water partition coefficient (Wildman–Crippen LogP) is -1.94. The minimum atomic E-state index is -4.67. The number of aromatic amines is 3. The van der Waals surface area contributed by atoms with Crippen molar-refractivity contribution in [3.8, 4) is 0 Å². The lowest BCUT2D eigenvalue weighted by molar-refractivity contribution is -0.187. The number of H-pyrrole nitrogens is 3. The maximum absolute atomic E-state index is 13.5. The number of nitrogens with one attached hydrogen (secondary N) is 3. The van der Waals surface area contributed by atoms with Gasteiger partial charge in [0.2, 0.25) is 5.95 Å². The molecule has 42 heteroatoms. The summed E-state index contributed by atoms with van der Waals surface area (Å²) in [5, 5.41) is 11.6. The number of rotatable bonds is 20. The normalized spacial score (nSPS) is 34.6. The van der Waals surface area contributed by atoms with Gasteiger partial charge in [-0.25, -0.2) is 24.5 Å². The largest absolute Gasteiger partial charge is 0.387 e. The van der Waals surface area contributed by atoms with E-state index in [0.717, 1.165) is 4.57 Å². The number of hydrogen-bond acceptors (Lipinski definition) is 29. The molecule has 7 fully saturated rings. The Kier molecular flexibility index (Phi) is 15.4. The van der Waals surface area contributed by atoms with Gasteiger partial charge in [-0.05, 0) is 62.6 Å². The number of hydrogen-bond donors (Lipinski definition) is 9. The molecular weight excluding hydrogens is 1280 g/mol. The van der Waals surface area contributed by atoms with E-state index in [0.29, 0.717) is 17.8 Å². The van der Waals surface area contributed by atoms with Crippen LogP contribution in [-0.4, -0.2) is 183 Å². The minimum Gasteiger partial charge on any atom is -0.387 e. The van der Waals surface area contributed by atoms with Gasteiger partial charge in [0.15, 0.2) is 41.0 Å². The first kappa shape index (κ1) is 61.0. The van der Waals surface area contributed by atoms with E-state index >= 15 is 0 Å². The molecule has 6 aromatic heterocycles. The number of aliphatic hydroxyl groups excluding tert-OH is 1. The number of nitrogens with two attached hydrogens (primary N) is 2. The maximum Gasteiger partial charge on any atom is 0.351 e. The summed E-state index contributed by atoms with van der Waals surface area (Å²) >= 11 is 16.9. The molecule has 18 atom stereocenters. The van der Waals surface area contributed by atoms with Gasteiger partial charge in [0, 0.05) is 29.9 Å². The quantitative estimate of drug-likeness (QED) is 0.0376. The Labute approximate surface area is 502 Å². The number of fused-ring (bicyclic) bond motifs is 8. The van der Waals surface area contributed by atoms with Gasteiger partial charge in [-0.1, -0.05) is 6.92 Å². The second-order valence-corrected chi connectivity index (χ2v) is 30.3. The van der Waals surface area contributed by atoms with Crippen molar-refractivity contribution in [3.05, 3.63) is 94.0 Å².